The van der Waals surface area contributed by atoms with Crippen LogP contribution < -0.4 is 10.6 Å². The lowest BCUT2D eigenvalue weighted by Crippen LogP contribution is -2.61. The molecule has 3 fully saturated rings. The van der Waals surface area contributed by atoms with Crippen LogP contribution in [0.1, 0.15) is 52.9 Å². The van der Waals surface area contributed by atoms with E-state index in [0.29, 0.717) is 11.5 Å². The zero-order valence-corrected chi connectivity index (χ0v) is 13.8. The molecule has 0 unspecified atom stereocenters. The summed E-state index contributed by atoms with van der Waals surface area (Å²) in [5, 5.41) is 7.84. The molecular formula is C16H28N2OS. The summed E-state index contributed by atoms with van der Waals surface area (Å²) in [5.74, 6) is 1.62. The lowest BCUT2D eigenvalue weighted by Gasteiger charge is -2.48. The van der Waals surface area contributed by atoms with E-state index >= 15 is 0 Å². The average molecular weight is 296 g/mol. The van der Waals surface area contributed by atoms with Gasteiger partial charge in [0, 0.05) is 18.7 Å². The van der Waals surface area contributed by atoms with Crippen molar-refractivity contribution in [2.24, 2.45) is 17.3 Å². The predicted molar refractivity (Wildman–Crippen MR) is 85.7 cm³/mol. The Morgan fingerprint density at radius 1 is 1.20 bits per heavy atom. The van der Waals surface area contributed by atoms with E-state index < -0.39 is 0 Å². The lowest BCUT2D eigenvalue weighted by atomic mass is 9.64. The van der Waals surface area contributed by atoms with Gasteiger partial charge in [-0.3, -0.25) is 0 Å². The number of nitrogens with one attached hydrogen (secondary N) is 2. The highest BCUT2D eigenvalue weighted by atomic mass is 32.1. The summed E-state index contributed by atoms with van der Waals surface area (Å²) in [7, 11) is 0. The number of ether oxygens (including phenoxy) is 1. The molecule has 4 heteroatoms. The van der Waals surface area contributed by atoms with Gasteiger partial charge in [-0.2, -0.15) is 0 Å². The van der Waals surface area contributed by atoms with Crippen molar-refractivity contribution in [1.82, 2.24) is 10.6 Å². The summed E-state index contributed by atoms with van der Waals surface area (Å²) in [5.41, 5.74) is 0.460. The zero-order valence-electron chi connectivity index (χ0n) is 13.0. The molecule has 0 amide bonds. The molecule has 0 spiro atoms. The lowest BCUT2D eigenvalue weighted by molar-refractivity contribution is 0.0823. The maximum Gasteiger partial charge on any atom is 0.166 e. The minimum absolute atomic E-state index is 0.135. The molecule has 3 rings (SSSR count). The van der Waals surface area contributed by atoms with Crippen molar-refractivity contribution in [3.8, 4) is 0 Å². The van der Waals surface area contributed by atoms with E-state index in [1.54, 1.807) is 0 Å². The molecule has 3 nitrogen and oxygen atoms in total. The van der Waals surface area contributed by atoms with Gasteiger partial charge >= 0.3 is 0 Å². The van der Waals surface area contributed by atoms with E-state index in [4.69, 9.17) is 17.0 Å². The number of fused-ring (bicyclic) bond motifs is 2. The highest BCUT2D eigenvalue weighted by Crippen LogP contribution is 2.61. The number of hydrogen-bond acceptors (Lipinski definition) is 2. The van der Waals surface area contributed by atoms with Crippen LogP contribution in [-0.2, 0) is 4.74 Å². The molecule has 1 aliphatic heterocycles. The predicted octanol–water partition coefficient (Wildman–Crippen LogP) is 2.84. The number of hydrogen-bond donors (Lipinski definition) is 2. The van der Waals surface area contributed by atoms with Crippen LogP contribution in [0.4, 0.5) is 0 Å². The third kappa shape index (κ3) is 2.25. The molecule has 3 aliphatic rings. The number of rotatable bonds is 3. The Morgan fingerprint density at radius 3 is 2.55 bits per heavy atom. The Bertz CT molecular complexity index is 392. The van der Waals surface area contributed by atoms with Crippen molar-refractivity contribution < 1.29 is 4.74 Å². The summed E-state index contributed by atoms with van der Waals surface area (Å²) in [6.07, 6.45) is 6.79. The van der Waals surface area contributed by atoms with Crippen molar-refractivity contribution in [2.45, 2.75) is 64.5 Å². The summed E-state index contributed by atoms with van der Waals surface area (Å²) in [4.78, 5) is 0. The molecule has 1 saturated heterocycles. The first kappa shape index (κ1) is 14.6. The summed E-state index contributed by atoms with van der Waals surface area (Å²) in [6, 6.07) is 0. The smallest absolute Gasteiger partial charge is 0.166 e. The monoisotopic (exact) mass is 296 g/mol. The largest absolute Gasteiger partial charge is 0.376 e. The Balaban J connectivity index is 1.57. The molecule has 2 saturated carbocycles. The molecule has 20 heavy (non-hydrogen) atoms. The van der Waals surface area contributed by atoms with Gasteiger partial charge in [0.05, 0.1) is 6.10 Å². The van der Waals surface area contributed by atoms with Crippen LogP contribution >= 0.6 is 12.2 Å². The van der Waals surface area contributed by atoms with Crippen LogP contribution in [-0.4, -0.2) is 29.9 Å². The van der Waals surface area contributed by atoms with Gasteiger partial charge in [-0.25, -0.2) is 0 Å². The van der Waals surface area contributed by atoms with E-state index in [-0.39, 0.29) is 5.54 Å². The fourth-order valence-corrected chi connectivity index (χ4v) is 4.96. The second-order valence-corrected chi connectivity index (χ2v) is 8.01. The molecule has 1 heterocycles. The molecule has 0 aromatic heterocycles. The topological polar surface area (TPSA) is 33.3 Å². The van der Waals surface area contributed by atoms with Gasteiger partial charge in [0.25, 0.3) is 0 Å². The molecule has 2 bridgehead atoms. The maximum absolute atomic E-state index is 5.64. The Labute approximate surface area is 128 Å². The molecule has 114 valence electrons. The summed E-state index contributed by atoms with van der Waals surface area (Å²) < 4.78 is 5.64. The van der Waals surface area contributed by atoms with Crippen molar-refractivity contribution in [1.29, 1.82) is 0 Å². The number of thiocarbonyl (C=S) groups is 1. The fraction of sp³-hybridized carbons (Fsp3) is 0.938. The fourth-order valence-electron chi connectivity index (χ4n) is 4.67. The van der Waals surface area contributed by atoms with Gasteiger partial charge in [-0.1, -0.05) is 13.8 Å². The normalized spacial score (nSPS) is 41.9. The zero-order chi connectivity index (χ0) is 14.4. The second-order valence-electron chi connectivity index (χ2n) is 7.60. The first-order valence-electron chi connectivity index (χ1n) is 8.11. The highest BCUT2D eigenvalue weighted by Gasteiger charge is 2.60. The summed E-state index contributed by atoms with van der Waals surface area (Å²) in [6.45, 7) is 8.94. The van der Waals surface area contributed by atoms with Crippen molar-refractivity contribution >= 4 is 17.3 Å². The van der Waals surface area contributed by atoms with E-state index in [0.717, 1.165) is 36.5 Å². The van der Waals surface area contributed by atoms with E-state index in [2.05, 4.69) is 31.4 Å². The van der Waals surface area contributed by atoms with Gasteiger partial charge in [0.15, 0.2) is 5.11 Å². The van der Waals surface area contributed by atoms with E-state index in [9.17, 15) is 0 Å². The molecule has 2 aliphatic carbocycles. The molecule has 0 radical (unpaired) electrons. The van der Waals surface area contributed by atoms with Crippen LogP contribution in [0.2, 0.25) is 0 Å². The van der Waals surface area contributed by atoms with Gasteiger partial charge in [0.1, 0.15) is 0 Å². The minimum atomic E-state index is 0.135. The molecule has 4 atom stereocenters. The molecular weight excluding hydrogens is 268 g/mol. The Hall–Kier alpha value is -0.350. The van der Waals surface area contributed by atoms with E-state index in [1.165, 1.54) is 25.7 Å². The van der Waals surface area contributed by atoms with Gasteiger partial charge in [-0.15, -0.1) is 0 Å². The standard InChI is InChI=1S/C16H28N2OS/c1-15(2)11-6-7-12(9-11)16(15,3)18-14(20)17-10-13-5-4-8-19-13/h11-13H,4-10H2,1-3H3,(H2,17,18,20)/t11-,12+,13-,16+/m0/s1. The third-order valence-electron chi connectivity index (χ3n) is 6.50. The summed E-state index contributed by atoms with van der Waals surface area (Å²) >= 11 is 5.54. The Kier molecular flexibility index (Phi) is 3.74. The molecule has 0 aromatic rings. The molecule has 0 aromatic carbocycles. The third-order valence-corrected chi connectivity index (χ3v) is 6.74. The van der Waals surface area contributed by atoms with Crippen molar-refractivity contribution in [3.05, 3.63) is 0 Å². The van der Waals surface area contributed by atoms with Gasteiger partial charge < -0.3 is 15.4 Å². The van der Waals surface area contributed by atoms with Gasteiger partial charge in [-0.05, 0) is 68.5 Å². The van der Waals surface area contributed by atoms with Crippen LogP contribution in [0.5, 0.6) is 0 Å². The highest BCUT2D eigenvalue weighted by molar-refractivity contribution is 7.80. The van der Waals surface area contributed by atoms with Crippen LogP contribution in [0.25, 0.3) is 0 Å². The molecule has 2 N–H and O–H groups in total. The average Bonchev–Trinajstić information content (AvgIpc) is 3.09. The minimum Gasteiger partial charge on any atom is -0.376 e. The van der Waals surface area contributed by atoms with Crippen molar-refractivity contribution in [3.63, 3.8) is 0 Å². The maximum atomic E-state index is 5.64. The van der Waals surface area contributed by atoms with Crippen LogP contribution in [0.15, 0.2) is 0 Å². The first-order valence-corrected chi connectivity index (χ1v) is 8.52. The van der Waals surface area contributed by atoms with Crippen LogP contribution in [0, 0.1) is 17.3 Å². The second kappa shape index (κ2) is 5.13. The van der Waals surface area contributed by atoms with Gasteiger partial charge in [0.2, 0.25) is 0 Å². The Morgan fingerprint density at radius 2 is 1.95 bits per heavy atom. The quantitative estimate of drug-likeness (QED) is 0.785. The van der Waals surface area contributed by atoms with Crippen molar-refractivity contribution in [2.75, 3.05) is 13.2 Å². The first-order chi connectivity index (χ1) is 9.43. The van der Waals surface area contributed by atoms with Crippen LogP contribution in [0.3, 0.4) is 0 Å². The van der Waals surface area contributed by atoms with E-state index in [1.807, 2.05) is 0 Å². The SMILES string of the molecule is CC1(C)[C@H]2CC[C@H](C2)[C@@]1(C)NC(=S)NC[C@@H]1CCCO1.